The third-order valence-electron chi connectivity index (χ3n) is 3.13. The molecule has 106 valence electrons. The summed E-state index contributed by atoms with van der Waals surface area (Å²) in [6, 6.07) is 3.80. The van der Waals surface area contributed by atoms with Gasteiger partial charge in [-0.3, -0.25) is 0 Å². The molecule has 0 aromatic heterocycles. The highest BCUT2D eigenvalue weighted by Gasteiger charge is 2.30. The minimum Gasteiger partial charge on any atom is -0.374 e. The topological polar surface area (TPSA) is 72.6 Å². The molecule has 0 spiro atoms. The van der Waals surface area contributed by atoms with E-state index in [1.807, 2.05) is 0 Å². The van der Waals surface area contributed by atoms with Gasteiger partial charge in [0.05, 0.1) is 17.6 Å². The van der Waals surface area contributed by atoms with Crippen molar-refractivity contribution in [3.05, 3.63) is 29.6 Å². The molecule has 1 aliphatic heterocycles. The van der Waals surface area contributed by atoms with Gasteiger partial charge in [-0.15, -0.1) is 0 Å². The van der Waals surface area contributed by atoms with Crippen molar-refractivity contribution in [2.24, 2.45) is 5.73 Å². The zero-order valence-electron chi connectivity index (χ0n) is 10.7. The van der Waals surface area contributed by atoms with E-state index in [0.29, 0.717) is 12.2 Å². The predicted octanol–water partition coefficient (Wildman–Crippen LogP) is 0.482. The lowest BCUT2D eigenvalue weighted by atomic mass is 10.2. The molecule has 1 saturated heterocycles. The summed E-state index contributed by atoms with van der Waals surface area (Å²) in [6.45, 7) is 2.65. The molecule has 2 N–H and O–H groups in total. The first-order chi connectivity index (χ1) is 8.95. The van der Waals surface area contributed by atoms with Crippen LogP contribution >= 0.6 is 0 Å². The van der Waals surface area contributed by atoms with Crippen LogP contribution in [-0.4, -0.2) is 45.1 Å². The van der Waals surface area contributed by atoms with Crippen molar-refractivity contribution >= 4 is 10.0 Å². The van der Waals surface area contributed by atoms with Crippen molar-refractivity contribution in [2.75, 3.05) is 26.2 Å². The van der Waals surface area contributed by atoms with Gasteiger partial charge in [0.15, 0.2) is 0 Å². The Labute approximate surface area is 112 Å². The smallest absolute Gasteiger partial charge is 0.243 e. The largest absolute Gasteiger partial charge is 0.374 e. The maximum Gasteiger partial charge on any atom is 0.243 e. The molecule has 1 aliphatic rings. The van der Waals surface area contributed by atoms with E-state index in [-0.39, 0.29) is 30.6 Å². The van der Waals surface area contributed by atoms with Crippen LogP contribution in [0.15, 0.2) is 23.1 Å². The highest BCUT2D eigenvalue weighted by atomic mass is 32.2. The molecule has 0 unspecified atom stereocenters. The van der Waals surface area contributed by atoms with Gasteiger partial charge in [-0.2, -0.15) is 4.31 Å². The molecular formula is C12H17FN2O3S. The van der Waals surface area contributed by atoms with Crippen LogP contribution < -0.4 is 5.73 Å². The SMILES string of the molecule is Cc1cc(S(=O)(=O)N2CCO[C@H](CN)C2)ccc1F. The van der Waals surface area contributed by atoms with Crippen molar-refractivity contribution < 1.29 is 17.5 Å². The minimum absolute atomic E-state index is 0.101. The molecule has 5 nitrogen and oxygen atoms in total. The Hall–Kier alpha value is -1.02. The van der Waals surface area contributed by atoms with E-state index < -0.39 is 15.8 Å². The first-order valence-corrected chi connectivity index (χ1v) is 7.47. The van der Waals surface area contributed by atoms with Crippen molar-refractivity contribution in [2.45, 2.75) is 17.9 Å². The summed E-state index contributed by atoms with van der Waals surface area (Å²) in [5, 5.41) is 0. The molecule has 1 atom stereocenters. The summed E-state index contributed by atoms with van der Waals surface area (Å²) >= 11 is 0. The van der Waals surface area contributed by atoms with Gasteiger partial charge in [-0.25, -0.2) is 12.8 Å². The Kier molecular flexibility index (Phi) is 4.19. The molecule has 1 fully saturated rings. The van der Waals surface area contributed by atoms with Crippen LogP contribution in [0.25, 0.3) is 0 Å². The van der Waals surface area contributed by atoms with E-state index >= 15 is 0 Å². The molecule has 19 heavy (non-hydrogen) atoms. The first-order valence-electron chi connectivity index (χ1n) is 6.03. The summed E-state index contributed by atoms with van der Waals surface area (Å²) in [5.74, 6) is -0.416. The molecule has 7 heteroatoms. The van der Waals surface area contributed by atoms with E-state index in [9.17, 15) is 12.8 Å². The van der Waals surface area contributed by atoms with Crippen molar-refractivity contribution in [1.82, 2.24) is 4.31 Å². The molecule has 1 heterocycles. The molecule has 0 radical (unpaired) electrons. The van der Waals surface area contributed by atoms with Crippen molar-refractivity contribution in [3.63, 3.8) is 0 Å². The highest BCUT2D eigenvalue weighted by Crippen LogP contribution is 2.20. The van der Waals surface area contributed by atoms with Gasteiger partial charge in [0, 0.05) is 19.6 Å². The quantitative estimate of drug-likeness (QED) is 0.878. The summed E-state index contributed by atoms with van der Waals surface area (Å²) in [4.78, 5) is 0.101. The number of aryl methyl sites for hydroxylation is 1. The van der Waals surface area contributed by atoms with E-state index in [0.717, 1.165) is 0 Å². The van der Waals surface area contributed by atoms with Crippen LogP contribution in [0.5, 0.6) is 0 Å². The van der Waals surface area contributed by atoms with Crippen LogP contribution in [0.2, 0.25) is 0 Å². The summed E-state index contributed by atoms with van der Waals surface area (Å²) in [7, 11) is -3.61. The molecule has 1 aromatic carbocycles. The highest BCUT2D eigenvalue weighted by molar-refractivity contribution is 7.89. The minimum atomic E-state index is -3.61. The lowest BCUT2D eigenvalue weighted by Crippen LogP contribution is -2.48. The second-order valence-electron chi connectivity index (χ2n) is 4.50. The Morgan fingerprint density at radius 2 is 2.26 bits per heavy atom. The zero-order valence-corrected chi connectivity index (χ0v) is 11.5. The van der Waals surface area contributed by atoms with E-state index in [4.69, 9.17) is 10.5 Å². The number of rotatable bonds is 3. The van der Waals surface area contributed by atoms with E-state index in [1.54, 1.807) is 0 Å². The van der Waals surface area contributed by atoms with E-state index in [2.05, 4.69) is 0 Å². The molecule has 0 amide bonds. The maximum atomic E-state index is 13.2. The fourth-order valence-electron chi connectivity index (χ4n) is 1.98. The summed E-state index contributed by atoms with van der Waals surface area (Å²) in [5.41, 5.74) is 5.81. The Balaban J connectivity index is 2.28. The molecule has 0 bridgehead atoms. The second-order valence-corrected chi connectivity index (χ2v) is 6.44. The number of nitrogens with two attached hydrogens (primary N) is 1. The molecule has 0 saturated carbocycles. The average molecular weight is 288 g/mol. The van der Waals surface area contributed by atoms with Crippen LogP contribution in [0, 0.1) is 12.7 Å². The standard InChI is InChI=1S/C12H17FN2O3S/c1-9-6-11(2-3-12(9)13)19(16,17)15-4-5-18-10(7-14)8-15/h2-3,6,10H,4-5,7-8,14H2,1H3/t10-/m1/s1. The van der Waals surface area contributed by atoms with Gasteiger partial charge in [-0.1, -0.05) is 0 Å². The number of ether oxygens (including phenoxy) is 1. The monoisotopic (exact) mass is 288 g/mol. The van der Waals surface area contributed by atoms with Gasteiger partial charge in [-0.05, 0) is 30.7 Å². The van der Waals surface area contributed by atoms with Gasteiger partial charge in [0.2, 0.25) is 10.0 Å². The molecule has 0 aliphatic carbocycles. The number of halogens is 1. The zero-order chi connectivity index (χ0) is 14.0. The third kappa shape index (κ3) is 2.94. The van der Waals surface area contributed by atoms with Crippen molar-refractivity contribution in [1.29, 1.82) is 0 Å². The molecule has 1 aromatic rings. The second kappa shape index (κ2) is 5.54. The lowest BCUT2D eigenvalue weighted by molar-refractivity contribution is 0.00450. The van der Waals surface area contributed by atoms with Crippen LogP contribution in [0.3, 0.4) is 0 Å². The summed E-state index contributed by atoms with van der Waals surface area (Å²) in [6.07, 6.45) is -0.287. The van der Waals surface area contributed by atoms with Crippen molar-refractivity contribution in [3.8, 4) is 0 Å². The first kappa shape index (κ1) is 14.4. The Bertz CT molecular complexity index is 562. The van der Waals surface area contributed by atoms with Gasteiger partial charge < -0.3 is 10.5 Å². The number of hydrogen-bond donors (Lipinski definition) is 1. The Morgan fingerprint density at radius 3 is 2.89 bits per heavy atom. The Morgan fingerprint density at radius 1 is 1.53 bits per heavy atom. The fraction of sp³-hybridized carbons (Fsp3) is 0.500. The average Bonchev–Trinajstić information content (AvgIpc) is 2.41. The van der Waals surface area contributed by atoms with Gasteiger partial charge in [0.25, 0.3) is 0 Å². The lowest BCUT2D eigenvalue weighted by Gasteiger charge is -2.31. The van der Waals surface area contributed by atoms with Gasteiger partial charge >= 0.3 is 0 Å². The summed E-state index contributed by atoms with van der Waals surface area (Å²) < 4.78 is 44.7. The fourth-order valence-corrected chi connectivity index (χ4v) is 3.52. The number of sulfonamides is 1. The van der Waals surface area contributed by atoms with Crippen LogP contribution in [-0.2, 0) is 14.8 Å². The number of morpholine rings is 1. The normalized spacial score (nSPS) is 21.5. The molecule has 2 rings (SSSR count). The maximum absolute atomic E-state index is 13.2. The van der Waals surface area contributed by atoms with Crippen LogP contribution in [0.1, 0.15) is 5.56 Å². The number of nitrogens with zero attached hydrogens (tertiary/aromatic N) is 1. The number of benzene rings is 1. The number of hydrogen-bond acceptors (Lipinski definition) is 4. The van der Waals surface area contributed by atoms with Crippen LogP contribution in [0.4, 0.5) is 4.39 Å². The molecular weight excluding hydrogens is 271 g/mol. The van der Waals surface area contributed by atoms with Gasteiger partial charge in [0.1, 0.15) is 5.82 Å². The van der Waals surface area contributed by atoms with E-state index in [1.165, 1.54) is 29.4 Å². The predicted molar refractivity (Wildman–Crippen MR) is 68.7 cm³/mol. The third-order valence-corrected chi connectivity index (χ3v) is 4.99.